The molecule has 2 aliphatic rings. The van der Waals surface area contributed by atoms with Crippen LogP contribution in [0.3, 0.4) is 0 Å². The number of aromatic nitrogens is 2. The second-order valence-electron chi connectivity index (χ2n) is 7.47. The SMILES string of the molecule is CC(C)(C)c1noc(CN2CC3CCCC(N)C3C2)n1.Cl. The molecule has 120 valence electrons. The molecule has 3 unspecified atom stereocenters. The second-order valence-corrected chi connectivity index (χ2v) is 7.47. The number of halogens is 1. The lowest BCUT2D eigenvalue weighted by Crippen LogP contribution is -2.38. The predicted molar refractivity (Wildman–Crippen MR) is 84.3 cm³/mol. The van der Waals surface area contributed by atoms with Crippen molar-refractivity contribution >= 4 is 12.4 Å². The first-order valence-corrected chi connectivity index (χ1v) is 7.74. The van der Waals surface area contributed by atoms with Crippen molar-refractivity contribution in [3.8, 4) is 0 Å². The van der Waals surface area contributed by atoms with E-state index in [1.165, 1.54) is 19.3 Å². The smallest absolute Gasteiger partial charge is 0.240 e. The quantitative estimate of drug-likeness (QED) is 0.907. The van der Waals surface area contributed by atoms with Crippen molar-refractivity contribution in [1.82, 2.24) is 15.0 Å². The Bertz CT molecular complexity index is 470. The van der Waals surface area contributed by atoms with Crippen molar-refractivity contribution < 1.29 is 4.52 Å². The number of hydrogen-bond acceptors (Lipinski definition) is 5. The Morgan fingerprint density at radius 2 is 2.05 bits per heavy atom. The van der Waals surface area contributed by atoms with Crippen LogP contribution in [0.25, 0.3) is 0 Å². The van der Waals surface area contributed by atoms with Crippen LogP contribution in [0.4, 0.5) is 0 Å². The summed E-state index contributed by atoms with van der Waals surface area (Å²) in [5.41, 5.74) is 6.21. The fourth-order valence-corrected chi connectivity index (χ4v) is 3.55. The third kappa shape index (κ3) is 3.58. The van der Waals surface area contributed by atoms with E-state index in [9.17, 15) is 0 Å². The van der Waals surface area contributed by atoms with Crippen LogP contribution >= 0.6 is 12.4 Å². The zero-order valence-corrected chi connectivity index (χ0v) is 14.0. The van der Waals surface area contributed by atoms with E-state index in [1.807, 2.05) is 0 Å². The lowest BCUT2D eigenvalue weighted by atomic mass is 9.78. The maximum Gasteiger partial charge on any atom is 0.240 e. The molecule has 0 bridgehead atoms. The summed E-state index contributed by atoms with van der Waals surface area (Å²) in [6.45, 7) is 9.29. The van der Waals surface area contributed by atoms with Crippen LogP contribution in [-0.4, -0.2) is 34.2 Å². The molecular weight excluding hydrogens is 288 g/mol. The molecule has 3 rings (SSSR count). The molecule has 1 aromatic heterocycles. The van der Waals surface area contributed by atoms with Crippen LogP contribution in [0.1, 0.15) is 51.7 Å². The highest BCUT2D eigenvalue weighted by Gasteiger charge is 2.39. The molecule has 1 aromatic rings. The van der Waals surface area contributed by atoms with Gasteiger partial charge in [-0.25, -0.2) is 0 Å². The van der Waals surface area contributed by atoms with Gasteiger partial charge in [-0.2, -0.15) is 4.98 Å². The van der Waals surface area contributed by atoms with Gasteiger partial charge in [0.1, 0.15) is 0 Å². The number of fused-ring (bicyclic) bond motifs is 1. The Hall–Kier alpha value is -0.650. The molecule has 1 aliphatic heterocycles. The van der Waals surface area contributed by atoms with Crippen molar-refractivity contribution in [2.45, 2.75) is 58.0 Å². The van der Waals surface area contributed by atoms with Gasteiger partial charge < -0.3 is 10.3 Å². The Morgan fingerprint density at radius 3 is 2.67 bits per heavy atom. The summed E-state index contributed by atoms with van der Waals surface area (Å²) in [6, 6.07) is 0.381. The van der Waals surface area contributed by atoms with Crippen LogP contribution < -0.4 is 5.73 Å². The minimum absolute atomic E-state index is 0. The fraction of sp³-hybridized carbons (Fsp3) is 0.867. The Balaban J connectivity index is 0.00000161. The molecule has 5 nitrogen and oxygen atoms in total. The molecule has 0 aromatic carbocycles. The molecule has 6 heteroatoms. The number of nitrogens with two attached hydrogens (primary N) is 1. The van der Waals surface area contributed by atoms with Gasteiger partial charge in [-0.15, -0.1) is 12.4 Å². The highest BCUT2D eigenvalue weighted by Crippen LogP contribution is 2.36. The van der Waals surface area contributed by atoms with Gasteiger partial charge >= 0.3 is 0 Å². The zero-order chi connectivity index (χ0) is 14.3. The lowest BCUT2D eigenvalue weighted by Gasteiger charge is -2.29. The monoisotopic (exact) mass is 314 g/mol. The highest BCUT2D eigenvalue weighted by molar-refractivity contribution is 5.85. The number of hydrogen-bond donors (Lipinski definition) is 1. The maximum absolute atomic E-state index is 6.26. The topological polar surface area (TPSA) is 68.2 Å². The average Bonchev–Trinajstić information content (AvgIpc) is 2.96. The Kier molecular flexibility index (Phi) is 4.96. The van der Waals surface area contributed by atoms with Crippen molar-refractivity contribution in [3.63, 3.8) is 0 Å². The van der Waals surface area contributed by atoms with Crippen molar-refractivity contribution in [2.24, 2.45) is 17.6 Å². The molecule has 0 spiro atoms. The number of rotatable bonds is 2. The first-order chi connectivity index (χ1) is 9.43. The summed E-state index contributed by atoms with van der Waals surface area (Å²) in [5, 5.41) is 4.10. The van der Waals surface area contributed by atoms with Crippen LogP contribution in [0.5, 0.6) is 0 Å². The van der Waals surface area contributed by atoms with Crippen LogP contribution in [-0.2, 0) is 12.0 Å². The summed E-state index contributed by atoms with van der Waals surface area (Å²) in [6.07, 6.45) is 3.79. The third-order valence-electron chi connectivity index (χ3n) is 4.73. The molecule has 0 radical (unpaired) electrons. The molecule has 0 amide bonds. The van der Waals surface area contributed by atoms with Crippen molar-refractivity contribution in [2.75, 3.05) is 13.1 Å². The molecule has 1 saturated heterocycles. The molecule has 21 heavy (non-hydrogen) atoms. The van der Waals surface area contributed by atoms with Crippen LogP contribution in [0.2, 0.25) is 0 Å². The van der Waals surface area contributed by atoms with E-state index < -0.39 is 0 Å². The van der Waals surface area contributed by atoms with E-state index in [0.717, 1.165) is 37.3 Å². The summed E-state index contributed by atoms with van der Waals surface area (Å²) >= 11 is 0. The zero-order valence-electron chi connectivity index (χ0n) is 13.2. The standard InChI is InChI=1S/C15H26N4O.ClH/c1-15(2,3)14-17-13(20-18-14)9-19-7-10-5-4-6-12(16)11(10)8-19;/h10-12H,4-9,16H2,1-3H3;1H. The molecule has 3 atom stereocenters. The van der Waals surface area contributed by atoms with Crippen LogP contribution in [0.15, 0.2) is 4.52 Å². The molecule has 2 heterocycles. The maximum atomic E-state index is 6.26. The van der Waals surface area contributed by atoms with Gasteiger partial charge in [-0.05, 0) is 24.7 Å². The summed E-state index contributed by atoms with van der Waals surface area (Å²) < 4.78 is 5.40. The molecule has 2 N–H and O–H groups in total. The van der Waals surface area contributed by atoms with Gasteiger partial charge in [0.25, 0.3) is 0 Å². The number of likely N-dealkylation sites (tertiary alicyclic amines) is 1. The predicted octanol–water partition coefficient (Wildman–Crippen LogP) is 2.35. The summed E-state index contributed by atoms with van der Waals surface area (Å²) in [7, 11) is 0. The van der Waals surface area contributed by atoms with E-state index in [0.29, 0.717) is 12.0 Å². The first kappa shape index (κ1) is 16.7. The summed E-state index contributed by atoms with van der Waals surface area (Å²) in [4.78, 5) is 6.96. The van der Waals surface area contributed by atoms with Gasteiger partial charge in [0.05, 0.1) is 6.54 Å². The Morgan fingerprint density at radius 1 is 1.29 bits per heavy atom. The lowest BCUT2D eigenvalue weighted by molar-refractivity contribution is 0.251. The van der Waals surface area contributed by atoms with E-state index in [2.05, 4.69) is 35.8 Å². The van der Waals surface area contributed by atoms with Crippen molar-refractivity contribution in [1.29, 1.82) is 0 Å². The van der Waals surface area contributed by atoms with E-state index >= 15 is 0 Å². The van der Waals surface area contributed by atoms with E-state index in [-0.39, 0.29) is 17.8 Å². The fourth-order valence-electron chi connectivity index (χ4n) is 3.55. The largest absolute Gasteiger partial charge is 0.338 e. The van der Waals surface area contributed by atoms with Gasteiger partial charge in [-0.1, -0.05) is 32.3 Å². The minimum Gasteiger partial charge on any atom is -0.338 e. The minimum atomic E-state index is -0.0525. The van der Waals surface area contributed by atoms with Gasteiger partial charge in [-0.3, -0.25) is 4.90 Å². The molecule has 1 aliphatic carbocycles. The van der Waals surface area contributed by atoms with Gasteiger partial charge in [0.15, 0.2) is 5.82 Å². The highest BCUT2D eigenvalue weighted by atomic mass is 35.5. The average molecular weight is 315 g/mol. The van der Waals surface area contributed by atoms with Crippen LogP contribution in [0, 0.1) is 11.8 Å². The second kappa shape index (κ2) is 6.23. The van der Waals surface area contributed by atoms with Gasteiger partial charge in [0.2, 0.25) is 5.89 Å². The molecular formula is C15H27ClN4O. The normalized spacial score (nSPS) is 30.0. The summed E-state index contributed by atoms with van der Waals surface area (Å²) in [5.74, 6) is 2.96. The Labute approximate surface area is 133 Å². The first-order valence-electron chi connectivity index (χ1n) is 7.74. The third-order valence-corrected chi connectivity index (χ3v) is 4.73. The van der Waals surface area contributed by atoms with E-state index in [1.54, 1.807) is 0 Å². The molecule has 1 saturated carbocycles. The van der Waals surface area contributed by atoms with Gasteiger partial charge in [0, 0.05) is 24.5 Å². The molecule has 2 fully saturated rings. The number of nitrogens with zero attached hydrogens (tertiary/aromatic N) is 3. The van der Waals surface area contributed by atoms with E-state index in [4.69, 9.17) is 10.3 Å². The van der Waals surface area contributed by atoms with Crippen molar-refractivity contribution in [3.05, 3.63) is 11.7 Å².